The number of nitrogens with one attached hydrogen (secondary N) is 1. The Morgan fingerprint density at radius 1 is 1.29 bits per heavy atom. The van der Waals surface area contributed by atoms with E-state index in [1.54, 1.807) is 19.2 Å². The second kappa shape index (κ2) is 7.24. The number of halogens is 1. The van der Waals surface area contributed by atoms with Gasteiger partial charge in [-0.05, 0) is 29.3 Å². The lowest BCUT2D eigenvalue weighted by atomic mass is 10.1. The van der Waals surface area contributed by atoms with Crippen molar-refractivity contribution in [2.24, 2.45) is 0 Å². The molecule has 110 valence electrons. The summed E-state index contributed by atoms with van der Waals surface area (Å²) in [7, 11) is 1.60. The van der Waals surface area contributed by atoms with E-state index < -0.39 is 12.0 Å². The van der Waals surface area contributed by atoms with Crippen LogP contribution in [0.5, 0.6) is 5.75 Å². The summed E-state index contributed by atoms with van der Waals surface area (Å²) in [5, 5.41) is 12.4. The van der Waals surface area contributed by atoms with Gasteiger partial charge in [-0.15, -0.1) is 0 Å². The van der Waals surface area contributed by atoms with Crippen molar-refractivity contribution in [3.63, 3.8) is 0 Å². The highest BCUT2D eigenvalue weighted by atomic mass is 79.9. The van der Waals surface area contributed by atoms with Crippen LogP contribution < -0.4 is 10.1 Å². The molecule has 0 aromatic heterocycles. The van der Waals surface area contributed by atoms with Crippen LogP contribution in [0.3, 0.4) is 0 Å². The molecule has 21 heavy (non-hydrogen) atoms. The van der Waals surface area contributed by atoms with Crippen LogP contribution in [0.25, 0.3) is 0 Å². The molecule has 1 unspecified atom stereocenters. The fourth-order valence-corrected chi connectivity index (χ4v) is 2.41. The normalized spacial score (nSPS) is 11.9. The summed E-state index contributed by atoms with van der Waals surface area (Å²) in [6, 6.07) is 14.0. The van der Waals surface area contributed by atoms with Gasteiger partial charge in [0.1, 0.15) is 11.8 Å². The Kier molecular flexibility index (Phi) is 5.36. The van der Waals surface area contributed by atoms with Crippen molar-refractivity contribution in [1.29, 1.82) is 0 Å². The number of hydrogen-bond acceptors (Lipinski definition) is 3. The average Bonchev–Trinajstić information content (AvgIpc) is 2.50. The lowest BCUT2D eigenvalue weighted by Gasteiger charge is -2.16. The smallest absolute Gasteiger partial charge is 0.325 e. The minimum absolute atomic E-state index is 0.420. The van der Waals surface area contributed by atoms with Gasteiger partial charge in [-0.2, -0.15) is 0 Å². The monoisotopic (exact) mass is 349 g/mol. The summed E-state index contributed by atoms with van der Waals surface area (Å²) in [5.74, 6) is -0.165. The second-order valence-electron chi connectivity index (χ2n) is 4.52. The topological polar surface area (TPSA) is 58.6 Å². The van der Waals surface area contributed by atoms with Gasteiger partial charge in [0.25, 0.3) is 0 Å². The molecule has 5 heteroatoms. The predicted molar refractivity (Wildman–Crippen MR) is 84.4 cm³/mol. The maximum atomic E-state index is 11.4. The Morgan fingerprint density at radius 2 is 2.00 bits per heavy atom. The summed E-state index contributed by atoms with van der Waals surface area (Å²) in [5.41, 5.74) is 1.67. The van der Waals surface area contributed by atoms with Crippen LogP contribution in [-0.4, -0.2) is 18.2 Å². The third-order valence-corrected chi connectivity index (χ3v) is 3.90. The van der Waals surface area contributed by atoms with Gasteiger partial charge in [-0.25, -0.2) is 0 Å². The Balaban J connectivity index is 2.14. The van der Waals surface area contributed by atoms with E-state index >= 15 is 0 Å². The summed E-state index contributed by atoms with van der Waals surface area (Å²) >= 11 is 3.46. The van der Waals surface area contributed by atoms with Crippen LogP contribution in [0.15, 0.2) is 53.0 Å². The van der Waals surface area contributed by atoms with Crippen LogP contribution in [0.2, 0.25) is 0 Å². The van der Waals surface area contributed by atoms with Crippen molar-refractivity contribution in [1.82, 2.24) is 5.32 Å². The molecule has 2 N–H and O–H groups in total. The van der Waals surface area contributed by atoms with Crippen LogP contribution >= 0.6 is 15.9 Å². The quantitative estimate of drug-likeness (QED) is 0.839. The third kappa shape index (κ3) is 4.06. The van der Waals surface area contributed by atoms with E-state index in [2.05, 4.69) is 21.2 Å². The Morgan fingerprint density at radius 3 is 2.62 bits per heavy atom. The lowest BCUT2D eigenvalue weighted by molar-refractivity contribution is -0.139. The number of carboxylic acids is 1. The van der Waals surface area contributed by atoms with Crippen molar-refractivity contribution in [2.45, 2.75) is 12.6 Å². The van der Waals surface area contributed by atoms with Gasteiger partial charge in [0.15, 0.2) is 0 Å². The van der Waals surface area contributed by atoms with Gasteiger partial charge >= 0.3 is 5.97 Å². The minimum Gasteiger partial charge on any atom is -0.497 e. The van der Waals surface area contributed by atoms with E-state index in [0.717, 1.165) is 21.3 Å². The summed E-state index contributed by atoms with van der Waals surface area (Å²) < 4.78 is 6.09. The van der Waals surface area contributed by atoms with Gasteiger partial charge in [0.05, 0.1) is 7.11 Å². The molecule has 2 aromatic carbocycles. The molecule has 2 rings (SSSR count). The number of aliphatic carboxylic acids is 1. The number of carbonyl (C=O) groups is 1. The van der Waals surface area contributed by atoms with E-state index in [1.165, 1.54) is 0 Å². The molecule has 0 saturated carbocycles. The van der Waals surface area contributed by atoms with E-state index in [1.807, 2.05) is 36.4 Å². The van der Waals surface area contributed by atoms with E-state index in [9.17, 15) is 9.90 Å². The number of methoxy groups -OCH3 is 1. The maximum absolute atomic E-state index is 11.4. The molecule has 0 radical (unpaired) electrons. The molecule has 0 fully saturated rings. The first-order valence-corrected chi connectivity index (χ1v) is 7.24. The minimum atomic E-state index is -0.903. The van der Waals surface area contributed by atoms with Gasteiger partial charge in [-0.3, -0.25) is 10.1 Å². The van der Waals surface area contributed by atoms with Crippen molar-refractivity contribution >= 4 is 21.9 Å². The second-order valence-corrected chi connectivity index (χ2v) is 5.37. The number of ether oxygens (including phenoxy) is 1. The van der Waals surface area contributed by atoms with Crippen molar-refractivity contribution in [2.75, 3.05) is 7.11 Å². The number of benzene rings is 2. The molecule has 0 amide bonds. The Hall–Kier alpha value is -1.85. The average molecular weight is 350 g/mol. The molecule has 2 aromatic rings. The molecule has 1 atom stereocenters. The fourth-order valence-electron chi connectivity index (χ4n) is 2.02. The number of rotatable bonds is 6. The molecule has 4 nitrogen and oxygen atoms in total. The van der Waals surface area contributed by atoms with Crippen LogP contribution in [-0.2, 0) is 11.3 Å². The summed E-state index contributed by atoms with van der Waals surface area (Å²) in [6.07, 6.45) is 0. The van der Waals surface area contributed by atoms with Crippen LogP contribution in [0.4, 0.5) is 0 Å². The van der Waals surface area contributed by atoms with Gasteiger partial charge in [-0.1, -0.05) is 46.3 Å². The zero-order valence-electron chi connectivity index (χ0n) is 11.5. The first-order chi connectivity index (χ1) is 10.1. The van der Waals surface area contributed by atoms with Crippen molar-refractivity contribution in [3.8, 4) is 5.75 Å². The van der Waals surface area contributed by atoms with E-state index in [-0.39, 0.29) is 0 Å². The zero-order chi connectivity index (χ0) is 15.2. The first-order valence-electron chi connectivity index (χ1n) is 6.45. The number of carboxylic acid groups (broad SMARTS) is 1. The van der Waals surface area contributed by atoms with E-state index in [4.69, 9.17) is 4.74 Å². The molecule has 0 bridgehead atoms. The zero-order valence-corrected chi connectivity index (χ0v) is 13.1. The van der Waals surface area contributed by atoms with Crippen LogP contribution in [0, 0.1) is 0 Å². The SMILES string of the molecule is COc1ccc(Br)c(CNC(C(=O)O)c2ccccc2)c1. The molecular weight excluding hydrogens is 334 g/mol. The molecule has 0 heterocycles. The third-order valence-electron chi connectivity index (χ3n) is 3.13. The lowest BCUT2D eigenvalue weighted by Crippen LogP contribution is -2.28. The standard InChI is InChI=1S/C16H16BrNO3/c1-21-13-7-8-14(17)12(9-13)10-18-15(16(19)20)11-5-3-2-4-6-11/h2-9,15,18H,10H2,1H3,(H,19,20). The molecule has 0 aliphatic rings. The van der Waals surface area contributed by atoms with Gasteiger partial charge in [0, 0.05) is 11.0 Å². The largest absolute Gasteiger partial charge is 0.497 e. The van der Waals surface area contributed by atoms with Crippen molar-refractivity contribution < 1.29 is 14.6 Å². The summed E-state index contributed by atoms with van der Waals surface area (Å²) in [4.78, 5) is 11.4. The molecule has 0 saturated heterocycles. The first kappa shape index (κ1) is 15.5. The Bertz CT molecular complexity index is 616. The highest BCUT2D eigenvalue weighted by Gasteiger charge is 2.19. The van der Waals surface area contributed by atoms with Crippen LogP contribution in [0.1, 0.15) is 17.2 Å². The van der Waals surface area contributed by atoms with Crippen molar-refractivity contribution in [3.05, 3.63) is 64.1 Å². The van der Waals surface area contributed by atoms with Gasteiger partial charge in [0.2, 0.25) is 0 Å². The highest BCUT2D eigenvalue weighted by Crippen LogP contribution is 2.23. The molecular formula is C16H16BrNO3. The molecule has 0 spiro atoms. The molecule has 0 aliphatic heterocycles. The maximum Gasteiger partial charge on any atom is 0.325 e. The number of hydrogen-bond donors (Lipinski definition) is 2. The Labute approximate surface area is 131 Å². The summed E-state index contributed by atoms with van der Waals surface area (Å²) in [6.45, 7) is 0.420. The van der Waals surface area contributed by atoms with E-state index in [0.29, 0.717) is 6.54 Å². The van der Waals surface area contributed by atoms with Gasteiger partial charge < -0.3 is 9.84 Å². The predicted octanol–water partition coefficient (Wildman–Crippen LogP) is 3.37. The highest BCUT2D eigenvalue weighted by molar-refractivity contribution is 9.10. The molecule has 0 aliphatic carbocycles. The fraction of sp³-hybridized carbons (Fsp3) is 0.188.